The van der Waals surface area contributed by atoms with E-state index in [0.717, 1.165) is 44.8 Å². The highest BCUT2D eigenvalue weighted by Crippen LogP contribution is 2.43. The maximum absolute atomic E-state index is 13.0. The standard InChI is InChI=1S/C19H27F3N2O.2ClH/c1-13(14-5-4-6-15(11-14)19(20,21)22)18(25)9-3-2-7-17(18)24-10-8-16(23)12-24;;/h4-6,11,13,16-17,25H,2-3,7-10,12,23H2,1H3;2*1H/t13?,16-,17?,18?;;/m1../s1. The lowest BCUT2D eigenvalue weighted by Crippen LogP contribution is -2.57. The highest BCUT2D eigenvalue weighted by atomic mass is 35.5. The molecule has 2 fully saturated rings. The van der Waals surface area contributed by atoms with Gasteiger partial charge in [-0.05, 0) is 30.9 Å². The number of aliphatic hydroxyl groups is 1. The first-order valence-electron chi connectivity index (χ1n) is 9.11. The van der Waals surface area contributed by atoms with Crippen LogP contribution in [0.4, 0.5) is 13.2 Å². The molecule has 27 heavy (non-hydrogen) atoms. The average molecular weight is 429 g/mol. The van der Waals surface area contributed by atoms with E-state index in [-0.39, 0.29) is 42.8 Å². The Morgan fingerprint density at radius 3 is 2.52 bits per heavy atom. The summed E-state index contributed by atoms with van der Waals surface area (Å²) in [6.45, 7) is 3.45. The summed E-state index contributed by atoms with van der Waals surface area (Å²) in [4.78, 5) is 2.24. The number of halogens is 5. The van der Waals surface area contributed by atoms with Crippen molar-refractivity contribution in [3.05, 3.63) is 35.4 Å². The summed E-state index contributed by atoms with van der Waals surface area (Å²) in [5.74, 6) is -0.364. The largest absolute Gasteiger partial charge is 0.416 e. The zero-order chi connectivity index (χ0) is 18.2. The van der Waals surface area contributed by atoms with Gasteiger partial charge in [0.05, 0.1) is 11.2 Å². The molecule has 0 aromatic heterocycles. The molecule has 1 heterocycles. The normalized spacial score (nSPS) is 30.3. The lowest BCUT2D eigenvalue weighted by molar-refractivity contribution is -0.137. The van der Waals surface area contributed by atoms with E-state index in [1.165, 1.54) is 12.1 Å². The SMILES string of the molecule is CC(c1cccc(C(F)(F)F)c1)C1(O)CCCCC1N1CC[C@@H](N)C1.Cl.Cl. The van der Waals surface area contributed by atoms with Crippen LogP contribution in [0.5, 0.6) is 0 Å². The van der Waals surface area contributed by atoms with Gasteiger partial charge in [-0.25, -0.2) is 0 Å². The van der Waals surface area contributed by atoms with Crippen LogP contribution in [-0.2, 0) is 6.18 Å². The fourth-order valence-corrected chi connectivity index (χ4v) is 4.54. The van der Waals surface area contributed by atoms with Gasteiger partial charge in [0, 0.05) is 31.1 Å². The summed E-state index contributed by atoms with van der Waals surface area (Å²) in [7, 11) is 0. The summed E-state index contributed by atoms with van der Waals surface area (Å²) >= 11 is 0. The number of hydrogen-bond acceptors (Lipinski definition) is 3. The minimum atomic E-state index is -4.37. The van der Waals surface area contributed by atoms with Gasteiger partial charge < -0.3 is 10.8 Å². The monoisotopic (exact) mass is 428 g/mol. The fraction of sp³-hybridized carbons (Fsp3) is 0.684. The molecule has 3 rings (SSSR count). The van der Waals surface area contributed by atoms with Crippen LogP contribution < -0.4 is 5.73 Å². The Kier molecular flexibility index (Phi) is 8.45. The summed E-state index contributed by atoms with van der Waals surface area (Å²) < 4.78 is 39.1. The van der Waals surface area contributed by atoms with Crippen LogP contribution in [0.25, 0.3) is 0 Å². The van der Waals surface area contributed by atoms with Crippen molar-refractivity contribution in [1.29, 1.82) is 0 Å². The molecule has 1 aromatic rings. The van der Waals surface area contributed by atoms with Gasteiger partial charge in [-0.15, -0.1) is 24.8 Å². The lowest BCUT2D eigenvalue weighted by Gasteiger charge is -2.48. The average Bonchev–Trinajstić information content (AvgIpc) is 3.00. The zero-order valence-electron chi connectivity index (χ0n) is 15.4. The van der Waals surface area contributed by atoms with Gasteiger partial charge in [0.15, 0.2) is 0 Å². The first kappa shape index (κ1) is 24.5. The molecule has 0 amide bonds. The van der Waals surface area contributed by atoms with E-state index in [1.807, 2.05) is 6.92 Å². The van der Waals surface area contributed by atoms with Crippen LogP contribution in [0.3, 0.4) is 0 Å². The number of hydrogen-bond donors (Lipinski definition) is 2. The quantitative estimate of drug-likeness (QED) is 0.751. The van der Waals surface area contributed by atoms with Crippen molar-refractivity contribution in [3.63, 3.8) is 0 Å². The maximum atomic E-state index is 13.0. The number of rotatable bonds is 3. The third-order valence-electron chi connectivity index (χ3n) is 6.04. The molecule has 0 radical (unpaired) electrons. The molecule has 3 unspecified atom stereocenters. The molecule has 8 heteroatoms. The van der Waals surface area contributed by atoms with E-state index in [0.29, 0.717) is 12.0 Å². The Balaban J connectivity index is 0.00000182. The molecular weight excluding hydrogens is 400 g/mol. The van der Waals surface area contributed by atoms with Crippen molar-refractivity contribution in [1.82, 2.24) is 4.90 Å². The van der Waals surface area contributed by atoms with Crippen LogP contribution in [0, 0.1) is 0 Å². The van der Waals surface area contributed by atoms with Crippen LogP contribution >= 0.6 is 24.8 Å². The Bertz CT molecular complexity index is 617. The Hall–Kier alpha value is -0.530. The molecule has 0 bridgehead atoms. The Morgan fingerprint density at radius 1 is 1.22 bits per heavy atom. The second-order valence-corrected chi connectivity index (χ2v) is 7.64. The van der Waals surface area contributed by atoms with Gasteiger partial charge in [-0.1, -0.05) is 38.0 Å². The molecule has 3 N–H and O–H groups in total. The van der Waals surface area contributed by atoms with E-state index >= 15 is 0 Å². The smallest absolute Gasteiger partial charge is 0.388 e. The minimum absolute atomic E-state index is 0. The van der Waals surface area contributed by atoms with Gasteiger partial charge in [0.2, 0.25) is 0 Å². The molecule has 2 aliphatic rings. The van der Waals surface area contributed by atoms with E-state index in [2.05, 4.69) is 4.90 Å². The maximum Gasteiger partial charge on any atom is 0.416 e. The van der Waals surface area contributed by atoms with Crippen molar-refractivity contribution in [2.24, 2.45) is 5.73 Å². The fourth-order valence-electron chi connectivity index (χ4n) is 4.54. The predicted molar refractivity (Wildman–Crippen MR) is 106 cm³/mol. The van der Waals surface area contributed by atoms with Crippen LogP contribution in [-0.4, -0.2) is 40.8 Å². The number of alkyl halides is 3. The van der Waals surface area contributed by atoms with Crippen molar-refractivity contribution in [2.75, 3.05) is 13.1 Å². The zero-order valence-corrected chi connectivity index (χ0v) is 17.0. The highest BCUT2D eigenvalue weighted by Gasteiger charge is 2.47. The molecule has 156 valence electrons. The summed E-state index contributed by atoms with van der Waals surface area (Å²) in [5, 5.41) is 11.5. The molecular formula is C19H29Cl2F3N2O. The number of nitrogens with two attached hydrogens (primary N) is 1. The molecule has 4 atom stereocenters. The molecule has 1 aliphatic carbocycles. The number of benzene rings is 1. The topological polar surface area (TPSA) is 49.5 Å². The molecule has 1 saturated heterocycles. The first-order chi connectivity index (χ1) is 11.7. The van der Waals surface area contributed by atoms with Crippen molar-refractivity contribution in [2.45, 2.75) is 68.8 Å². The van der Waals surface area contributed by atoms with Crippen LogP contribution in [0.1, 0.15) is 56.1 Å². The van der Waals surface area contributed by atoms with Gasteiger partial charge in [-0.2, -0.15) is 13.2 Å². The van der Waals surface area contributed by atoms with E-state index in [9.17, 15) is 18.3 Å². The van der Waals surface area contributed by atoms with Gasteiger partial charge in [0.25, 0.3) is 0 Å². The second kappa shape index (κ2) is 9.31. The van der Waals surface area contributed by atoms with E-state index in [1.54, 1.807) is 6.07 Å². The summed E-state index contributed by atoms with van der Waals surface area (Å²) in [6, 6.07) is 5.47. The molecule has 1 saturated carbocycles. The van der Waals surface area contributed by atoms with Crippen LogP contribution in [0.2, 0.25) is 0 Å². The predicted octanol–water partition coefficient (Wildman–Crippen LogP) is 4.36. The number of likely N-dealkylation sites (tertiary alicyclic amines) is 1. The van der Waals surface area contributed by atoms with Crippen LogP contribution in [0.15, 0.2) is 24.3 Å². The first-order valence-corrected chi connectivity index (χ1v) is 9.11. The summed E-state index contributed by atoms with van der Waals surface area (Å²) in [6.07, 6.45) is -0.0475. The third kappa shape index (κ3) is 5.10. The van der Waals surface area contributed by atoms with Gasteiger partial charge in [-0.3, -0.25) is 4.90 Å². The van der Waals surface area contributed by atoms with Gasteiger partial charge >= 0.3 is 6.18 Å². The van der Waals surface area contributed by atoms with Crippen molar-refractivity contribution >= 4 is 24.8 Å². The molecule has 1 aromatic carbocycles. The second-order valence-electron chi connectivity index (χ2n) is 7.64. The lowest BCUT2D eigenvalue weighted by atomic mass is 9.70. The van der Waals surface area contributed by atoms with Gasteiger partial charge in [0.1, 0.15) is 0 Å². The van der Waals surface area contributed by atoms with E-state index in [4.69, 9.17) is 5.73 Å². The molecule has 1 aliphatic heterocycles. The van der Waals surface area contributed by atoms with Crippen molar-refractivity contribution in [3.8, 4) is 0 Å². The summed E-state index contributed by atoms with van der Waals surface area (Å²) in [5.41, 5.74) is 4.90. The van der Waals surface area contributed by atoms with Crippen molar-refractivity contribution < 1.29 is 18.3 Å². The minimum Gasteiger partial charge on any atom is -0.388 e. The van der Waals surface area contributed by atoms with E-state index < -0.39 is 17.3 Å². The molecule has 3 nitrogen and oxygen atoms in total. The Labute approximate surface area is 171 Å². The number of nitrogens with zero attached hydrogens (tertiary/aromatic N) is 1. The Morgan fingerprint density at radius 2 is 1.93 bits per heavy atom. The molecule has 0 spiro atoms. The third-order valence-corrected chi connectivity index (χ3v) is 6.04. The highest BCUT2D eigenvalue weighted by molar-refractivity contribution is 5.85.